The van der Waals surface area contributed by atoms with Crippen molar-refractivity contribution in [3.05, 3.63) is 58.1 Å². The fraction of sp³-hybridized carbons (Fsp3) is 0.409. The van der Waals surface area contributed by atoms with Crippen molar-refractivity contribution in [2.75, 3.05) is 26.2 Å². The number of nitrogens with zero attached hydrogens (tertiary/aromatic N) is 1. The maximum Gasteiger partial charge on any atom is 0.251 e. The molecule has 0 saturated carbocycles. The van der Waals surface area contributed by atoms with Gasteiger partial charge in [0, 0.05) is 18.7 Å². The molecule has 0 aliphatic carbocycles. The molecule has 8 heteroatoms. The highest BCUT2D eigenvalue weighted by Gasteiger charge is 2.28. The molecule has 1 fully saturated rings. The minimum absolute atomic E-state index is 0.0230. The van der Waals surface area contributed by atoms with Gasteiger partial charge in [0.1, 0.15) is 17.3 Å². The zero-order chi connectivity index (χ0) is 21.7. The number of hydrogen-bond acceptors (Lipinski definition) is 4. The predicted octanol–water partition coefficient (Wildman–Crippen LogP) is 3.94. The molecular formula is C22H27ClN2O4S. The summed E-state index contributed by atoms with van der Waals surface area (Å²) in [5.74, 6) is 0.383. The highest BCUT2D eigenvalue weighted by molar-refractivity contribution is 7.89. The molecule has 0 bridgehead atoms. The Labute approximate surface area is 183 Å². The van der Waals surface area contributed by atoms with Gasteiger partial charge in [0.25, 0.3) is 5.91 Å². The quantitative estimate of drug-likeness (QED) is 0.648. The first-order valence-corrected chi connectivity index (χ1v) is 11.9. The van der Waals surface area contributed by atoms with E-state index in [9.17, 15) is 13.2 Å². The molecule has 2 aromatic rings. The lowest BCUT2D eigenvalue weighted by molar-refractivity contribution is 0.0946. The highest BCUT2D eigenvalue weighted by atomic mass is 35.5. The fourth-order valence-electron chi connectivity index (χ4n) is 3.54. The van der Waals surface area contributed by atoms with Gasteiger partial charge in [-0.3, -0.25) is 4.79 Å². The van der Waals surface area contributed by atoms with Crippen molar-refractivity contribution in [1.29, 1.82) is 0 Å². The standard InChI is InChI=1S/C22H27ClN2O4S/c1-16-12-17(2)14-19(13-16)29-11-8-24-22(26)18-6-7-20(23)21(15-18)30(27,28)25-9-4-3-5-10-25/h6-7,12-15H,3-5,8-11H2,1-2H3,(H,24,26). The highest BCUT2D eigenvalue weighted by Crippen LogP contribution is 2.28. The minimum atomic E-state index is -3.72. The number of aryl methyl sites for hydroxylation is 2. The third kappa shape index (κ3) is 5.53. The van der Waals surface area contributed by atoms with E-state index in [0.29, 0.717) is 26.2 Å². The van der Waals surface area contributed by atoms with Crippen molar-refractivity contribution in [2.45, 2.75) is 38.0 Å². The van der Waals surface area contributed by atoms with Gasteiger partial charge in [-0.25, -0.2) is 8.42 Å². The number of halogens is 1. The van der Waals surface area contributed by atoms with Crippen LogP contribution < -0.4 is 10.1 Å². The summed E-state index contributed by atoms with van der Waals surface area (Å²) < 4.78 is 33.0. The first-order chi connectivity index (χ1) is 14.3. The summed E-state index contributed by atoms with van der Waals surface area (Å²) in [5.41, 5.74) is 2.47. The number of piperidine rings is 1. The Morgan fingerprint density at radius 3 is 2.40 bits per heavy atom. The van der Waals surface area contributed by atoms with Gasteiger partial charge in [0.2, 0.25) is 10.0 Å². The van der Waals surface area contributed by atoms with E-state index in [4.69, 9.17) is 16.3 Å². The Hall–Kier alpha value is -2.09. The number of carbonyl (C=O) groups excluding carboxylic acids is 1. The van der Waals surface area contributed by atoms with E-state index in [1.54, 1.807) is 0 Å². The molecule has 1 heterocycles. The molecule has 30 heavy (non-hydrogen) atoms. The van der Waals surface area contributed by atoms with Crippen LogP contribution >= 0.6 is 11.6 Å². The molecule has 0 aromatic heterocycles. The van der Waals surface area contributed by atoms with Gasteiger partial charge in [-0.2, -0.15) is 4.31 Å². The number of benzene rings is 2. The molecule has 6 nitrogen and oxygen atoms in total. The Morgan fingerprint density at radius 2 is 1.73 bits per heavy atom. The third-order valence-electron chi connectivity index (χ3n) is 4.98. The van der Waals surface area contributed by atoms with Gasteiger partial charge in [0.15, 0.2) is 0 Å². The van der Waals surface area contributed by atoms with Crippen molar-refractivity contribution < 1.29 is 17.9 Å². The molecule has 0 atom stereocenters. The zero-order valence-electron chi connectivity index (χ0n) is 17.3. The summed E-state index contributed by atoms with van der Waals surface area (Å²) >= 11 is 6.17. The molecule has 1 aliphatic heterocycles. The van der Waals surface area contributed by atoms with Crippen molar-refractivity contribution in [2.24, 2.45) is 0 Å². The van der Waals surface area contributed by atoms with Crippen LogP contribution in [0.5, 0.6) is 5.75 Å². The lowest BCUT2D eigenvalue weighted by atomic mass is 10.1. The first kappa shape index (κ1) is 22.6. The van der Waals surface area contributed by atoms with Crippen LogP contribution in [-0.4, -0.2) is 44.9 Å². The summed E-state index contributed by atoms with van der Waals surface area (Å²) in [6.45, 7) is 5.55. The second kappa shape index (κ2) is 9.81. The lowest BCUT2D eigenvalue weighted by Gasteiger charge is -2.26. The number of ether oxygens (including phenoxy) is 1. The van der Waals surface area contributed by atoms with Gasteiger partial charge < -0.3 is 10.1 Å². The van der Waals surface area contributed by atoms with Gasteiger partial charge in [-0.05, 0) is 68.1 Å². The van der Waals surface area contributed by atoms with E-state index < -0.39 is 10.0 Å². The Morgan fingerprint density at radius 1 is 1.07 bits per heavy atom. The first-order valence-electron chi connectivity index (χ1n) is 10.1. The number of amides is 1. The Bertz CT molecular complexity index is 998. The van der Waals surface area contributed by atoms with Crippen LogP contribution in [0.1, 0.15) is 40.7 Å². The van der Waals surface area contributed by atoms with Crippen molar-refractivity contribution in [1.82, 2.24) is 9.62 Å². The summed E-state index contributed by atoms with van der Waals surface area (Å²) in [6, 6.07) is 10.3. The summed E-state index contributed by atoms with van der Waals surface area (Å²) in [5, 5.41) is 2.88. The van der Waals surface area contributed by atoms with Crippen molar-refractivity contribution in [3.8, 4) is 5.75 Å². The molecular weight excluding hydrogens is 424 g/mol. The number of hydrogen-bond donors (Lipinski definition) is 1. The Balaban J connectivity index is 1.63. The van der Waals surface area contributed by atoms with Crippen LogP contribution in [0.3, 0.4) is 0 Å². The SMILES string of the molecule is Cc1cc(C)cc(OCCNC(=O)c2ccc(Cl)c(S(=O)(=O)N3CCCCC3)c2)c1. The van der Waals surface area contributed by atoms with E-state index in [1.165, 1.54) is 22.5 Å². The number of nitrogens with one attached hydrogen (secondary N) is 1. The van der Waals surface area contributed by atoms with E-state index in [2.05, 4.69) is 11.4 Å². The van der Waals surface area contributed by atoms with Crippen molar-refractivity contribution >= 4 is 27.5 Å². The normalized spacial score (nSPS) is 15.0. The molecule has 0 unspecified atom stereocenters. The van der Waals surface area contributed by atoms with Crippen LogP contribution in [0.25, 0.3) is 0 Å². The molecule has 0 radical (unpaired) electrons. The van der Waals surface area contributed by atoms with Crippen LogP contribution in [0.15, 0.2) is 41.3 Å². The maximum atomic E-state index is 12.9. The molecule has 1 amide bonds. The van der Waals surface area contributed by atoms with Gasteiger partial charge in [-0.1, -0.05) is 24.1 Å². The second-order valence-electron chi connectivity index (χ2n) is 7.54. The average Bonchev–Trinajstić information content (AvgIpc) is 2.71. The zero-order valence-corrected chi connectivity index (χ0v) is 18.9. The smallest absolute Gasteiger partial charge is 0.251 e. The Kier molecular flexibility index (Phi) is 7.39. The molecule has 3 rings (SSSR count). The molecule has 2 aromatic carbocycles. The predicted molar refractivity (Wildman–Crippen MR) is 118 cm³/mol. The molecule has 162 valence electrons. The molecule has 1 aliphatic rings. The van der Waals surface area contributed by atoms with Crippen LogP contribution in [0.2, 0.25) is 5.02 Å². The summed E-state index contributed by atoms with van der Waals surface area (Å²) in [6.07, 6.45) is 2.68. The number of rotatable bonds is 7. The fourth-order valence-corrected chi connectivity index (χ4v) is 5.56. The van der Waals surface area contributed by atoms with Crippen LogP contribution in [0, 0.1) is 13.8 Å². The number of carbonyl (C=O) groups is 1. The van der Waals surface area contributed by atoms with E-state index in [-0.39, 0.29) is 21.4 Å². The second-order valence-corrected chi connectivity index (χ2v) is 9.85. The number of sulfonamides is 1. The third-order valence-corrected chi connectivity index (χ3v) is 7.36. The van der Waals surface area contributed by atoms with Gasteiger partial charge >= 0.3 is 0 Å². The molecule has 0 spiro atoms. The largest absolute Gasteiger partial charge is 0.492 e. The summed E-state index contributed by atoms with van der Waals surface area (Å²) in [7, 11) is -3.72. The van der Waals surface area contributed by atoms with Crippen molar-refractivity contribution in [3.63, 3.8) is 0 Å². The van der Waals surface area contributed by atoms with E-state index in [0.717, 1.165) is 36.1 Å². The molecule has 1 saturated heterocycles. The average molecular weight is 451 g/mol. The lowest BCUT2D eigenvalue weighted by Crippen LogP contribution is -2.36. The van der Waals surface area contributed by atoms with Crippen LogP contribution in [0.4, 0.5) is 0 Å². The van der Waals surface area contributed by atoms with Gasteiger partial charge in [-0.15, -0.1) is 0 Å². The van der Waals surface area contributed by atoms with Gasteiger partial charge in [0.05, 0.1) is 11.6 Å². The molecule has 1 N–H and O–H groups in total. The monoisotopic (exact) mass is 450 g/mol. The van der Waals surface area contributed by atoms with E-state index in [1.807, 2.05) is 26.0 Å². The van der Waals surface area contributed by atoms with Crippen LogP contribution in [-0.2, 0) is 10.0 Å². The van der Waals surface area contributed by atoms with E-state index >= 15 is 0 Å². The topological polar surface area (TPSA) is 75.7 Å². The summed E-state index contributed by atoms with van der Waals surface area (Å²) in [4.78, 5) is 12.5. The maximum absolute atomic E-state index is 12.9. The minimum Gasteiger partial charge on any atom is -0.492 e.